The molecule has 0 amide bonds. The maximum Gasteiger partial charge on any atom is 0.200 e. The number of ether oxygens (including phenoxy) is 1. The lowest BCUT2D eigenvalue weighted by molar-refractivity contribution is 0.409. The number of aromatic hydroxyl groups is 1. The first kappa shape index (κ1) is 12.8. The molecule has 102 valence electrons. The normalized spacial score (nSPS) is 11.2. The summed E-state index contributed by atoms with van der Waals surface area (Å²) in [6, 6.07) is 8.22. The van der Waals surface area contributed by atoms with Gasteiger partial charge in [-0.2, -0.15) is 0 Å². The topological polar surface area (TPSA) is 51.5 Å². The van der Waals surface area contributed by atoms with E-state index in [-0.39, 0.29) is 16.6 Å². The highest BCUT2D eigenvalue weighted by Gasteiger charge is 2.14. The van der Waals surface area contributed by atoms with Crippen molar-refractivity contribution in [2.45, 2.75) is 0 Å². The van der Waals surface area contributed by atoms with Crippen LogP contribution in [0.15, 0.2) is 35.1 Å². The minimum absolute atomic E-state index is 0.0863. The summed E-state index contributed by atoms with van der Waals surface area (Å²) in [6.07, 6.45) is 0. The molecule has 0 aliphatic carbocycles. The molecule has 0 spiro atoms. The van der Waals surface area contributed by atoms with Gasteiger partial charge in [0.2, 0.25) is 5.43 Å². The number of rotatable bonds is 1. The van der Waals surface area contributed by atoms with E-state index in [0.717, 1.165) is 0 Å². The Morgan fingerprint density at radius 1 is 1.20 bits per heavy atom. The summed E-state index contributed by atoms with van der Waals surface area (Å²) in [5.41, 5.74) is 1.09. The lowest BCUT2D eigenvalue weighted by Gasteiger charge is -2.12. The highest BCUT2D eigenvalue weighted by molar-refractivity contribution is 6.31. The van der Waals surface area contributed by atoms with Gasteiger partial charge < -0.3 is 14.4 Å². The summed E-state index contributed by atoms with van der Waals surface area (Å²) in [6.45, 7) is 0. The van der Waals surface area contributed by atoms with E-state index in [1.807, 2.05) is 11.6 Å². The average Bonchev–Trinajstić information content (AvgIpc) is 2.43. The third-order valence-corrected chi connectivity index (χ3v) is 3.70. The molecule has 2 aromatic carbocycles. The second-order valence-corrected chi connectivity index (χ2v) is 5.03. The van der Waals surface area contributed by atoms with Gasteiger partial charge in [-0.1, -0.05) is 11.6 Å². The first-order valence-corrected chi connectivity index (χ1v) is 6.39. The summed E-state index contributed by atoms with van der Waals surface area (Å²) in [5.74, 6) is 0.406. The van der Waals surface area contributed by atoms with Gasteiger partial charge in [0.25, 0.3) is 0 Å². The molecule has 0 atom stereocenters. The van der Waals surface area contributed by atoms with Crippen LogP contribution in [0.1, 0.15) is 0 Å². The first-order valence-electron chi connectivity index (χ1n) is 6.02. The third-order valence-electron chi connectivity index (χ3n) is 3.46. The minimum Gasteiger partial charge on any atom is -0.507 e. The Balaban J connectivity index is 2.62. The maximum atomic E-state index is 12.5. The zero-order chi connectivity index (χ0) is 14.4. The number of benzene rings is 2. The van der Waals surface area contributed by atoms with E-state index in [4.69, 9.17) is 16.3 Å². The molecular weight excluding hydrogens is 278 g/mol. The summed E-state index contributed by atoms with van der Waals surface area (Å²) < 4.78 is 6.95. The van der Waals surface area contributed by atoms with Crippen molar-refractivity contribution in [2.24, 2.45) is 7.05 Å². The minimum atomic E-state index is -0.218. The van der Waals surface area contributed by atoms with Crippen LogP contribution in [-0.2, 0) is 7.05 Å². The Labute approximate surface area is 119 Å². The Bertz CT molecular complexity index is 899. The standard InChI is InChI=1S/C15H12ClNO3/c1-17-11-5-8(16)3-4-10(11)15(19)14-12(17)6-9(20-2)7-13(14)18/h3-7,18H,1-2H3. The fourth-order valence-corrected chi connectivity index (χ4v) is 2.61. The highest BCUT2D eigenvalue weighted by Crippen LogP contribution is 2.30. The Morgan fingerprint density at radius 3 is 2.65 bits per heavy atom. The van der Waals surface area contributed by atoms with E-state index in [2.05, 4.69) is 0 Å². The number of halogens is 1. The van der Waals surface area contributed by atoms with Crippen molar-refractivity contribution in [3.05, 3.63) is 45.6 Å². The molecule has 5 heteroatoms. The molecule has 4 nitrogen and oxygen atoms in total. The molecule has 0 unspecified atom stereocenters. The van der Waals surface area contributed by atoms with Crippen LogP contribution < -0.4 is 10.2 Å². The van der Waals surface area contributed by atoms with Gasteiger partial charge in [-0.15, -0.1) is 0 Å². The quantitative estimate of drug-likeness (QED) is 0.701. The van der Waals surface area contributed by atoms with Crippen molar-refractivity contribution in [1.82, 2.24) is 4.57 Å². The summed E-state index contributed by atoms with van der Waals surface area (Å²) >= 11 is 5.99. The molecule has 0 aliphatic rings. The monoisotopic (exact) mass is 289 g/mol. The van der Waals surface area contributed by atoms with Crippen molar-refractivity contribution in [2.75, 3.05) is 7.11 Å². The van der Waals surface area contributed by atoms with Crippen LogP contribution >= 0.6 is 11.6 Å². The van der Waals surface area contributed by atoms with Gasteiger partial charge in [0.15, 0.2) is 0 Å². The Hall–Kier alpha value is -2.20. The van der Waals surface area contributed by atoms with Crippen molar-refractivity contribution >= 4 is 33.4 Å². The van der Waals surface area contributed by atoms with Crippen molar-refractivity contribution in [3.8, 4) is 11.5 Å². The van der Waals surface area contributed by atoms with Crippen molar-refractivity contribution < 1.29 is 9.84 Å². The Kier molecular flexibility index (Phi) is 2.83. The lowest BCUT2D eigenvalue weighted by atomic mass is 10.1. The average molecular weight is 290 g/mol. The fraction of sp³-hybridized carbons (Fsp3) is 0.133. The molecule has 1 N–H and O–H groups in total. The molecule has 1 aromatic heterocycles. The number of aromatic nitrogens is 1. The molecule has 20 heavy (non-hydrogen) atoms. The molecule has 3 rings (SSSR count). The first-order chi connectivity index (χ1) is 9.52. The van der Waals surface area contributed by atoms with Crippen molar-refractivity contribution in [1.29, 1.82) is 0 Å². The van der Waals surface area contributed by atoms with Crippen LogP contribution in [0.5, 0.6) is 11.5 Å². The van der Waals surface area contributed by atoms with E-state index in [1.54, 1.807) is 24.3 Å². The predicted molar refractivity (Wildman–Crippen MR) is 79.9 cm³/mol. The highest BCUT2D eigenvalue weighted by atomic mass is 35.5. The van der Waals surface area contributed by atoms with Gasteiger partial charge in [-0.3, -0.25) is 4.79 Å². The van der Waals surface area contributed by atoms with Crippen LogP contribution in [0.4, 0.5) is 0 Å². The maximum absolute atomic E-state index is 12.5. The number of nitrogens with zero attached hydrogens (tertiary/aromatic N) is 1. The largest absolute Gasteiger partial charge is 0.507 e. The number of phenols is 1. The van der Waals surface area contributed by atoms with Gasteiger partial charge in [-0.25, -0.2) is 0 Å². The van der Waals surface area contributed by atoms with Crippen LogP contribution in [0.25, 0.3) is 21.8 Å². The van der Waals surface area contributed by atoms with Crippen LogP contribution in [0.3, 0.4) is 0 Å². The molecular formula is C15H12ClNO3. The number of phenolic OH excluding ortho intramolecular Hbond substituents is 1. The summed E-state index contributed by atoms with van der Waals surface area (Å²) in [7, 11) is 3.33. The van der Waals surface area contributed by atoms with Gasteiger partial charge in [-0.05, 0) is 18.2 Å². The number of pyridine rings is 1. The van der Waals surface area contributed by atoms with Gasteiger partial charge >= 0.3 is 0 Å². The fourth-order valence-electron chi connectivity index (χ4n) is 2.44. The van der Waals surface area contributed by atoms with E-state index in [1.165, 1.54) is 13.2 Å². The number of hydrogen-bond donors (Lipinski definition) is 1. The number of methoxy groups -OCH3 is 1. The van der Waals surface area contributed by atoms with E-state index in [0.29, 0.717) is 27.2 Å². The smallest absolute Gasteiger partial charge is 0.200 e. The van der Waals surface area contributed by atoms with Crippen LogP contribution in [-0.4, -0.2) is 16.8 Å². The zero-order valence-electron chi connectivity index (χ0n) is 11.0. The predicted octanol–water partition coefficient (Wildman–Crippen LogP) is 3.06. The van der Waals surface area contributed by atoms with Gasteiger partial charge in [0.05, 0.1) is 23.5 Å². The number of fused-ring (bicyclic) bond motifs is 2. The zero-order valence-corrected chi connectivity index (χ0v) is 11.7. The number of hydrogen-bond acceptors (Lipinski definition) is 3. The SMILES string of the molecule is COc1cc(O)c2c(=O)c3ccc(Cl)cc3n(C)c2c1. The molecule has 0 fully saturated rings. The number of aryl methyl sites for hydroxylation is 1. The second kappa shape index (κ2) is 4.42. The molecule has 0 saturated heterocycles. The van der Waals surface area contributed by atoms with E-state index in [9.17, 15) is 9.90 Å². The molecule has 0 radical (unpaired) electrons. The molecule has 1 heterocycles. The van der Waals surface area contributed by atoms with Crippen molar-refractivity contribution in [3.63, 3.8) is 0 Å². The summed E-state index contributed by atoms with van der Waals surface area (Å²) in [4.78, 5) is 12.5. The lowest BCUT2D eigenvalue weighted by Crippen LogP contribution is -2.09. The molecule has 0 saturated carbocycles. The van der Waals surface area contributed by atoms with Gasteiger partial charge in [0, 0.05) is 29.6 Å². The van der Waals surface area contributed by atoms with Crippen LogP contribution in [0, 0.1) is 0 Å². The Morgan fingerprint density at radius 2 is 1.95 bits per heavy atom. The molecule has 0 aliphatic heterocycles. The van der Waals surface area contributed by atoms with Gasteiger partial charge in [0.1, 0.15) is 11.5 Å². The van der Waals surface area contributed by atoms with E-state index < -0.39 is 0 Å². The molecule has 3 aromatic rings. The molecule has 0 bridgehead atoms. The summed E-state index contributed by atoms with van der Waals surface area (Å²) in [5, 5.41) is 11.4. The van der Waals surface area contributed by atoms with Crippen LogP contribution in [0.2, 0.25) is 5.02 Å². The second-order valence-electron chi connectivity index (χ2n) is 4.59. The van der Waals surface area contributed by atoms with E-state index >= 15 is 0 Å². The third kappa shape index (κ3) is 1.72.